The number of carbonyl (C=O) groups excluding carboxylic acids is 1. The van der Waals surface area contributed by atoms with Crippen LogP contribution in [-0.2, 0) is 9.53 Å². The number of esters is 1. The highest BCUT2D eigenvalue weighted by atomic mass is 16.5. The van der Waals surface area contributed by atoms with Gasteiger partial charge in [-0.05, 0) is 45.1 Å². The molecule has 0 aromatic rings. The minimum Gasteiger partial charge on any atom is -0.466 e. The van der Waals surface area contributed by atoms with Gasteiger partial charge in [-0.2, -0.15) is 0 Å². The molecule has 0 radical (unpaired) electrons. The summed E-state index contributed by atoms with van der Waals surface area (Å²) in [5.41, 5.74) is 0. The zero-order valence-electron chi connectivity index (χ0n) is 9.92. The van der Waals surface area contributed by atoms with Crippen molar-refractivity contribution in [2.24, 2.45) is 5.92 Å². The maximum atomic E-state index is 11.3. The molecule has 1 aliphatic carbocycles. The highest BCUT2D eigenvalue weighted by molar-refractivity contribution is 5.69. The molecule has 0 aromatic heterocycles. The van der Waals surface area contributed by atoms with Crippen molar-refractivity contribution in [2.45, 2.75) is 52.0 Å². The van der Waals surface area contributed by atoms with Gasteiger partial charge >= 0.3 is 5.97 Å². The monoisotopic (exact) mass is 213 g/mol. The lowest BCUT2D eigenvalue weighted by Crippen LogP contribution is -2.33. The van der Waals surface area contributed by atoms with Crippen molar-refractivity contribution in [3.63, 3.8) is 0 Å². The molecule has 0 saturated heterocycles. The number of nitrogens with one attached hydrogen (secondary N) is 1. The van der Waals surface area contributed by atoms with E-state index >= 15 is 0 Å². The summed E-state index contributed by atoms with van der Waals surface area (Å²) >= 11 is 0. The topological polar surface area (TPSA) is 38.3 Å². The second kappa shape index (κ2) is 6.83. The van der Waals surface area contributed by atoms with E-state index in [0.717, 1.165) is 19.4 Å². The van der Waals surface area contributed by atoms with Crippen molar-refractivity contribution in [2.75, 3.05) is 13.2 Å². The van der Waals surface area contributed by atoms with E-state index < -0.39 is 0 Å². The molecule has 15 heavy (non-hydrogen) atoms. The fraction of sp³-hybridized carbons (Fsp3) is 0.917. The van der Waals surface area contributed by atoms with Gasteiger partial charge in [0.1, 0.15) is 0 Å². The zero-order chi connectivity index (χ0) is 11.1. The van der Waals surface area contributed by atoms with E-state index in [-0.39, 0.29) is 5.97 Å². The molecule has 0 aliphatic heterocycles. The van der Waals surface area contributed by atoms with E-state index in [1.54, 1.807) is 0 Å². The van der Waals surface area contributed by atoms with Crippen LogP contribution >= 0.6 is 0 Å². The van der Waals surface area contributed by atoms with Crippen LogP contribution in [0, 0.1) is 5.92 Å². The van der Waals surface area contributed by atoms with Gasteiger partial charge in [-0.25, -0.2) is 0 Å². The number of hydrogen-bond acceptors (Lipinski definition) is 3. The first-order valence-corrected chi connectivity index (χ1v) is 6.15. The Bertz CT molecular complexity index is 186. The summed E-state index contributed by atoms with van der Waals surface area (Å²) in [6, 6.07) is 0.674. The van der Waals surface area contributed by atoms with E-state index in [2.05, 4.69) is 12.2 Å². The molecular weight excluding hydrogens is 190 g/mol. The van der Waals surface area contributed by atoms with Crippen molar-refractivity contribution < 1.29 is 9.53 Å². The van der Waals surface area contributed by atoms with Crippen LogP contribution in [0.4, 0.5) is 0 Å². The second-order valence-electron chi connectivity index (χ2n) is 4.28. The fourth-order valence-electron chi connectivity index (χ4n) is 2.31. The largest absolute Gasteiger partial charge is 0.466 e. The van der Waals surface area contributed by atoms with Crippen LogP contribution in [0.5, 0.6) is 0 Å². The average molecular weight is 213 g/mol. The Morgan fingerprint density at radius 1 is 1.27 bits per heavy atom. The molecule has 88 valence electrons. The predicted molar refractivity (Wildman–Crippen MR) is 60.7 cm³/mol. The molecule has 1 fully saturated rings. The third kappa shape index (κ3) is 4.65. The van der Waals surface area contributed by atoms with Crippen molar-refractivity contribution in [1.29, 1.82) is 0 Å². The molecule has 0 aromatic carbocycles. The maximum Gasteiger partial charge on any atom is 0.306 e. The Balaban J connectivity index is 2.16. The van der Waals surface area contributed by atoms with Gasteiger partial charge < -0.3 is 10.1 Å². The van der Waals surface area contributed by atoms with Gasteiger partial charge in [0.15, 0.2) is 0 Å². The zero-order valence-corrected chi connectivity index (χ0v) is 9.92. The Morgan fingerprint density at radius 3 is 2.47 bits per heavy atom. The maximum absolute atomic E-state index is 11.3. The molecule has 0 atom stereocenters. The minimum absolute atomic E-state index is 0.0237. The van der Waals surface area contributed by atoms with Crippen LogP contribution in [0.3, 0.4) is 0 Å². The van der Waals surface area contributed by atoms with Crippen LogP contribution in [0.25, 0.3) is 0 Å². The molecule has 1 aliphatic rings. The summed E-state index contributed by atoms with van der Waals surface area (Å²) < 4.78 is 4.96. The van der Waals surface area contributed by atoms with Crippen LogP contribution < -0.4 is 5.32 Å². The predicted octanol–water partition coefficient (Wildman–Crippen LogP) is 2.11. The average Bonchev–Trinajstić information content (AvgIpc) is 2.22. The fourth-order valence-corrected chi connectivity index (χ4v) is 2.31. The van der Waals surface area contributed by atoms with Crippen LogP contribution in [0.1, 0.15) is 46.0 Å². The molecule has 1 N–H and O–H groups in total. The van der Waals surface area contributed by atoms with E-state index in [1.807, 2.05) is 6.92 Å². The van der Waals surface area contributed by atoms with E-state index in [9.17, 15) is 4.79 Å². The summed E-state index contributed by atoms with van der Waals surface area (Å²) in [5, 5.41) is 3.47. The van der Waals surface area contributed by atoms with Gasteiger partial charge in [0.05, 0.1) is 6.61 Å². The summed E-state index contributed by atoms with van der Waals surface area (Å²) in [6.45, 7) is 5.56. The van der Waals surface area contributed by atoms with Crippen molar-refractivity contribution >= 4 is 5.97 Å². The van der Waals surface area contributed by atoms with Crippen LogP contribution in [0.15, 0.2) is 0 Å². The van der Waals surface area contributed by atoms with Gasteiger partial charge in [-0.1, -0.05) is 6.92 Å². The lowest BCUT2D eigenvalue weighted by atomic mass is 9.84. The molecule has 0 spiro atoms. The standard InChI is InChI=1S/C12H23NO2/c1-3-13-11-7-5-10(6-8-11)9-12(14)15-4-2/h10-11,13H,3-9H2,1-2H3. The van der Waals surface area contributed by atoms with Gasteiger partial charge in [-0.3, -0.25) is 4.79 Å². The van der Waals surface area contributed by atoms with Crippen molar-refractivity contribution in [1.82, 2.24) is 5.32 Å². The number of carbonyl (C=O) groups is 1. The van der Waals surface area contributed by atoms with E-state index in [1.165, 1.54) is 12.8 Å². The first kappa shape index (κ1) is 12.5. The number of rotatable bonds is 5. The smallest absolute Gasteiger partial charge is 0.306 e. The highest BCUT2D eigenvalue weighted by Gasteiger charge is 2.22. The summed E-state index contributed by atoms with van der Waals surface area (Å²) in [5.74, 6) is 0.531. The lowest BCUT2D eigenvalue weighted by molar-refractivity contribution is -0.144. The molecule has 1 saturated carbocycles. The Morgan fingerprint density at radius 2 is 1.93 bits per heavy atom. The summed E-state index contributed by atoms with van der Waals surface area (Å²) in [6.07, 6.45) is 5.36. The van der Waals surface area contributed by atoms with Crippen molar-refractivity contribution in [3.8, 4) is 0 Å². The normalized spacial score (nSPS) is 26.3. The van der Waals surface area contributed by atoms with E-state index in [4.69, 9.17) is 4.74 Å². The van der Waals surface area contributed by atoms with Gasteiger partial charge in [0.25, 0.3) is 0 Å². The minimum atomic E-state index is -0.0237. The van der Waals surface area contributed by atoms with Crippen LogP contribution in [0.2, 0.25) is 0 Å². The Labute approximate surface area is 92.6 Å². The lowest BCUT2D eigenvalue weighted by Gasteiger charge is -2.28. The quantitative estimate of drug-likeness (QED) is 0.711. The molecular formula is C12H23NO2. The molecule has 1 rings (SSSR count). The molecule has 3 nitrogen and oxygen atoms in total. The highest BCUT2D eigenvalue weighted by Crippen LogP contribution is 2.27. The third-order valence-corrected chi connectivity index (χ3v) is 3.10. The third-order valence-electron chi connectivity index (χ3n) is 3.10. The van der Waals surface area contributed by atoms with Gasteiger partial charge in [0.2, 0.25) is 0 Å². The molecule has 0 amide bonds. The summed E-state index contributed by atoms with van der Waals surface area (Å²) in [4.78, 5) is 11.3. The molecule has 0 heterocycles. The van der Waals surface area contributed by atoms with E-state index in [0.29, 0.717) is 25.0 Å². The number of hydrogen-bond donors (Lipinski definition) is 1. The molecule has 0 unspecified atom stereocenters. The number of ether oxygens (including phenoxy) is 1. The van der Waals surface area contributed by atoms with Crippen LogP contribution in [-0.4, -0.2) is 25.2 Å². The first-order valence-electron chi connectivity index (χ1n) is 6.15. The van der Waals surface area contributed by atoms with Crippen molar-refractivity contribution in [3.05, 3.63) is 0 Å². The second-order valence-corrected chi connectivity index (χ2v) is 4.28. The Hall–Kier alpha value is -0.570. The molecule has 0 bridgehead atoms. The van der Waals surface area contributed by atoms with Gasteiger partial charge in [-0.15, -0.1) is 0 Å². The Kier molecular flexibility index (Phi) is 5.69. The summed E-state index contributed by atoms with van der Waals surface area (Å²) in [7, 11) is 0. The molecule has 3 heteroatoms. The SMILES string of the molecule is CCNC1CCC(CC(=O)OCC)CC1. The van der Waals surface area contributed by atoms with Gasteiger partial charge in [0, 0.05) is 12.5 Å². The first-order chi connectivity index (χ1) is 7.26.